The molecule has 0 N–H and O–H groups in total. The van der Waals surface area contributed by atoms with E-state index in [1.807, 2.05) is 18.9 Å². The fourth-order valence-corrected chi connectivity index (χ4v) is 6.77. The van der Waals surface area contributed by atoms with Gasteiger partial charge in [-0.25, -0.2) is 13.4 Å². The van der Waals surface area contributed by atoms with Crippen molar-refractivity contribution in [1.29, 1.82) is 0 Å². The predicted octanol–water partition coefficient (Wildman–Crippen LogP) is 3.26. The highest BCUT2D eigenvalue weighted by atomic mass is 32.2. The minimum absolute atomic E-state index is 0.0374. The third-order valence-electron chi connectivity index (χ3n) is 5.79. The van der Waals surface area contributed by atoms with E-state index in [0.717, 1.165) is 57.3 Å². The predicted molar refractivity (Wildman–Crippen MR) is 114 cm³/mol. The molecule has 2 aliphatic rings. The van der Waals surface area contributed by atoms with Crippen LogP contribution in [0.4, 0.5) is 0 Å². The van der Waals surface area contributed by atoms with Crippen molar-refractivity contribution in [2.24, 2.45) is 7.05 Å². The number of thiazole rings is 1. The van der Waals surface area contributed by atoms with Crippen LogP contribution >= 0.6 is 11.3 Å². The van der Waals surface area contributed by atoms with Crippen molar-refractivity contribution >= 4 is 27.3 Å². The Morgan fingerprint density at radius 1 is 1.03 bits per heavy atom. The van der Waals surface area contributed by atoms with Crippen LogP contribution in [0.25, 0.3) is 10.7 Å². The van der Waals surface area contributed by atoms with E-state index >= 15 is 0 Å². The lowest BCUT2D eigenvalue weighted by atomic mass is 10.2. The summed E-state index contributed by atoms with van der Waals surface area (Å²) >= 11 is 1.35. The molecule has 0 unspecified atom stereocenters. The average molecular weight is 437 g/mol. The van der Waals surface area contributed by atoms with Crippen LogP contribution < -0.4 is 0 Å². The molecule has 0 aliphatic carbocycles. The largest absolute Gasteiger partial charge is 0.347 e. The minimum Gasteiger partial charge on any atom is -0.347 e. The van der Waals surface area contributed by atoms with E-state index in [0.29, 0.717) is 33.6 Å². The molecule has 4 rings (SSSR count). The number of rotatable bonds is 4. The van der Waals surface area contributed by atoms with Crippen LogP contribution in [-0.4, -0.2) is 59.3 Å². The summed E-state index contributed by atoms with van der Waals surface area (Å²) in [6, 6.07) is 1.70. The molecule has 0 saturated carbocycles. The molecule has 2 aromatic heterocycles. The van der Waals surface area contributed by atoms with E-state index < -0.39 is 10.0 Å². The number of aromatic nitrogens is 2. The average Bonchev–Trinajstić information content (AvgIpc) is 3.37. The lowest BCUT2D eigenvalue weighted by molar-refractivity contribution is 0.0796. The molecular weight excluding hydrogens is 408 g/mol. The van der Waals surface area contributed by atoms with Crippen LogP contribution in [0.5, 0.6) is 0 Å². The monoisotopic (exact) mass is 436 g/mol. The van der Waals surface area contributed by atoms with Gasteiger partial charge in [0.1, 0.15) is 14.8 Å². The summed E-state index contributed by atoms with van der Waals surface area (Å²) in [6.45, 7) is 4.61. The number of hydrogen-bond acceptors (Lipinski definition) is 5. The lowest BCUT2D eigenvalue weighted by Gasteiger charge is -2.18. The lowest BCUT2D eigenvalue weighted by Crippen LogP contribution is -2.31. The van der Waals surface area contributed by atoms with Gasteiger partial charge in [-0.05, 0) is 38.7 Å². The van der Waals surface area contributed by atoms with Gasteiger partial charge >= 0.3 is 0 Å². The maximum absolute atomic E-state index is 13.1. The number of sulfonamides is 1. The van der Waals surface area contributed by atoms with Gasteiger partial charge in [-0.1, -0.05) is 12.8 Å². The number of likely N-dealkylation sites (tertiary alicyclic amines) is 1. The van der Waals surface area contributed by atoms with E-state index in [-0.39, 0.29) is 5.91 Å². The molecular formula is C20H28N4O3S2. The molecule has 2 saturated heterocycles. The van der Waals surface area contributed by atoms with Gasteiger partial charge in [-0.15, -0.1) is 11.3 Å². The Labute approximate surface area is 176 Å². The second kappa shape index (κ2) is 8.20. The van der Waals surface area contributed by atoms with Gasteiger partial charge in [0.15, 0.2) is 0 Å². The smallest absolute Gasteiger partial charge is 0.265 e. The standard InChI is InChI=1S/C20H28N4O3S2/c1-15-18(20(25)23-9-7-8-10-23)28-19(21-15)17-13-16(14-22(17)2)29(26,27)24-11-5-3-4-6-12-24/h13-14H,3-12H2,1-2H3. The van der Waals surface area contributed by atoms with E-state index in [1.165, 1.54) is 11.3 Å². The quantitative estimate of drug-likeness (QED) is 0.737. The fourth-order valence-electron chi connectivity index (χ4n) is 4.09. The highest BCUT2D eigenvalue weighted by molar-refractivity contribution is 7.89. The van der Waals surface area contributed by atoms with Gasteiger partial charge in [-0.3, -0.25) is 4.79 Å². The zero-order chi connectivity index (χ0) is 20.6. The highest BCUT2D eigenvalue weighted by Crippen LogP contribution is 2.32. The van der Waals surface area contributed by atoms with Crippen molar-refractivity contribution in [3.8, 4) is 10.7 Å². The van der Waals surface area contributed by atoms with Crippen LogP contribution in [0.15, 0.2) is 17.2 Å². The number of hydrogen-bond donors (Lipinski definition) is 0. The molecule has 0 atom stereocenters. The van der Waals surface area contributed by atoms with Crippen LogP contribution in [0.1, 0.15) is 53.9 Å². The van der Waals surface area contributed by atoms with Crippen molar-refractivity contribution in [3.05, 3.63) is 22.8 Å². The summed E-state index contributed by atoms with van der Waals surface area (Å²) in [5, 5.41) is 0.685. The number of amides is 1. The van der Waals surface area contributed by atoms with Gasteiger partial charge in [-0.2, -0.15) is 4.31 Å². The van der Waals surface area contributed by atoms with Gasteiger partial charge in [0, 0.05) is 39.4 Å². The first-order chi connectivity index (χ1) is 13.9. The van der Waals surface area contributed by atoms with Crippen molar-refractivity contribution in [3.63, 3.8) is 0 Å². The van der Waals surface area contributed by atoms with E-state index in [1.54, 1.807) is 21.1 Å². The summed E-state index contributed by atoms with van der Waals surface area (Å²) in [5.41, 5.74) is 1.44. The van der Waals surface area contributed by atoms with Crippen molar-refractivity contribution in [2.75, 3.05) is 26.2 Å². The summed E-state index contributed by atoms with van der Waals surface area (Å²) in [5.74, 6) is 0.0374. The molecule has 158 valence electrons. The molecule has 2 aliphatic heterocycles. The summed E-state index contributed by atoms with van der Waals surface area (Å²) in [7, 11) is -1.68. The van der Waals surface area contributed by atoms with Crippen molar-refractivity contribution < 1.29 is 13.2 Å². The normalized spacial score (nSPS) is 18.9. The number of carbonyl (C=O) groups excluding carboxylic acids is 1. The third kappa shape index (κ3) is 4.00. The fraction of sp³-hybridized carbons (Fsp3) is 0.600. The second-order valence-corrected chi connectivity index (χ2v) is 10.9. The maximum atomic E-state index is 13.1. The molecule has 0 radical (unpaired) electrons. The van der Waals surface area contributed by atoms with Crippen LogP contribution in [-0.2, 0) is 17.1 Å². The molecule has 9 heteroatoms. The third-order valence-corrected chi connectivity index (χ3v) is 8.82. The number of aryl methyl sites for hydroxylation is 2. The molecule has 7 nitrogen and oxygen atoms in total. The van der Waals surface area contributed by atoms with Crippen LogP contribution in [0, 0.1) is 6.92 Å². The molecule has 0 spiro atoms. The second-order valence-electron chi connectivity index (χ2n) is 7.92. The molecule has 2 aromatic rings. The van der Waals surface area contributed by atoms with E-state index in [9.17, 15) is 13.2 Å². The van der Waals surface area contributed by atoms with Crippen molar-refractivity contribution in [2.45, 2.75) is 50.3 Å². The maximum Gasteiger partial charge on any atom is 0.265 e. The summed E-state index contributed by atoms with van der Waals surface area (Å²) < 4.78 is 29.7. The first-order valence-corrected chi connectivity index (χ1v) is 12.6. The SMILES string of the molecule is Cc1nc(-c2cc(S(=O)(=O)N3CCCCCC3)cn2C)sc1C(=O)N1CCCC1. The Morgan fingerprint density at radius 3 is 2.31 bits per heavy atom. The van der Waals surface area contributed by atoms with Gasteiger partial charge in [0.2, 0.25) is 10.0 Å². The van der Waals surface area contributed by atoms with E-state index in [2.05, 4.69) is 4.98 Å². The highest BCUT2D eigenvalue weighted by Gasteiger charge is 2.29. The first-order valence-electron chi connectivity index (χ1n) is 10.3. The Balaban J connectivity index is 1.63. The van der Waals surface area contributed by atoms with Crippen LogP contribution in [0.3, 0.4) is 0 Å². The number of nitrogens with zero attached hydrogens (tertiary/aromatic N) is 4. The molecule has 0 bridgehead atoms. The Bertz CT molecular complexity index is 995. The molecule has 4 heterocycles. The topological polar surface area (TPSA) is 75.5 Å². The summed E-state index contributed by atoms with van der Waals surface area (Å²) in [6.07, 6.45) is 7.74. The summed E-state index contributed by atoms with van der Waals surface area (Å²) in [4.78, 5) is 20.2. The first kappa shape index (κ1) is 20.6. The van der Waals surface area contributed by atoms with Gasteiger partial charge in [0.25, 0.3) is 5.91 Å². The molecule has 0 aromatic carbocycles. The molecule has 29 heavy (non-hydrogen) atoms. The Morgan fingerprint density at radius 2 is 1.66 bits per heavy atom. The Kier molecular flexibility index (Phi) is 5.81. The van der Waals surface area contributed by atoms with Gasteiger partial charge < -0.3 is 9.47 Å². The van der Waals surface area contributed by atoms with Crippen molar-refractivity contribution in [1.82, 2.24) is 18.8 Å². The number of carbonyl (C=O) groups is 1. The molecule has 2 fully saturated rings. The van der Waals surface area contributed by atoms with Gasteiger partial charge in [0.05, 0.1) is 11.4 Å². The minimum atomic E-state index is -3.51. The zero-order valence-electron chi connectivity index (χ0n) is 17.1. The van der Waals surface area contributed by atoms with E-state index in [4.69, 9.17) is 0 Å². The van der Waals surface area contributed by atoms with Crippen LogP contribution in [0.2, 0.25) is 0 Å². The molecule has 1 amide bonds. The Hall–Kier alpha value is -1.71. The zero-order valence-corrected chi connectivity index (χ0v) is 18.7.